The fourth-order valence-corrected chi connectivity index (χ4v) is 5.35. The monoisotopic (exact) mass is 428 g/mol. The van der Waals surface area contributed by atoms with E-state index in [4.69, 9.17) is 4.18 Å². The summed E-state index contributed by atoms with van der Waals surface area (Å²) >= 11 is 0. The SMILES string of the molecule is Cc1ccc(S(=O)(=O)OC2CCC(c3ccc(F)cc3)(c3ccc(F)cc3)C2)cc1. The Balaban J connectivity index is 1.66. The Bertz CT molecular complexity index is 1080. The molecule has 6 heteroatoms. The average Bonchev–Trinajstić information content (AvgIpc) is 3.13. The molecule has 0 N–H and O–H groups in total. The summed E-state index contributed by atoms with van der Waals surface area (Å²) in [5, 5.41) is 0. The third-order valence-electron chi connectivity index (χ3n) is 5.84. The van der Waals surface area contributed by atoms with Gasteiger partial charge in [0.15, 0.2) is 0 Å². The molecular weight excluding hydrogens is 406 g/mol. The van der Waals surface area contributed by atoms with Gasteiger partial charge >= 0.3 is 0 Å². The molecule has 1 aliphatic carbocycles. The van der Waals surface area contributed by atoms with E-state index in [0.29, 0.717) is 19.3 Å². The van der Waals surface area contributed by atoms with Crippen LogP contribution in [-0.4, -0.2) is 14.5 Å². The van der Waals surface area contributed by atoms with E-state index in [9.17, 15) is 17.2 Å². The van der Waals surface area contributed by atoms with Crippen LogP contribution in [-0.2, 0) is 19.7 Å². The Morgan fingerprint density at radius 1 is 0.833 bits per heavy atom. The zero-order valence-corrected chi connectivity index (χ0v) is 17.3. The van der Waals surface area contributed by atoms with Crippen LogP contribution in [0.1, 0.15) is 36.0 Å². The molecule has 0 aliphatic heterocycles. The third-order valence-corrected chi connectivity index (χ3v) is 7.21. The minimum absolute atomic E-state index is 0.120. The molecule has 4 rings (SSSR count). The second kappa shape index (κ2) is 7.93. The van der Waals surface area contributed by atoms with Gasteiger partial charge in [0.2, 0.25) is 0 Å². The molecule has 0 aromatic heterocycles. The maximum Gasteiger partial charge on any atom is 0.297 e. The lowest BCUT2D eigenvalue weighted by Crippen LogP contribution is -2.26. The Labute approximate surface area is 175 Å². The van der Waals surface area contributed by atoms with Gasteiger partial charge in [0, 0.05) is 5.41 Å². The molecule has 0 amide bonds. The number of benzene rings is 3. The number of halogens is 2. The molecule has 0 spiro atoms. The third kappa shape index (κ3) is 4.02. The highest BCUT2D eigenvalue weighted by Crippen LogP contribution is 2.48. The summed E-state index contributed by atoms with van der Waals surface area (Å²) in [5.74, 6) is -0.693. The van der Waals surface area contributed by atoms with Crippen LogP contribution in [0, 0.1) is 18.6 Å². The molecular formula is C24H22F2O3S. The fraction of sp³-hybridized carbons (Fsp3) is 0.250. The van der Waals surface area contributed by atoms with Gasteiger partial charge in [-0.05, 0) is 73.7 Å². The van der Waals surface area contributed by atoms with E-state index in [1.807, 2.05) is 6.92 Å². The second-order valence-electron chi connectivity index (χ2n) is 7.82. The van der Waals surface area contributed by atoms with Crippen LogP contribution in [0.5, 0.6) is 0 Å². The highest BCUT2D eigenvalue weighted by Gasteiger charge is 2.44. The van der Waals surface area contributed by atoms with E-state index in [1.54, 1.807) is 36.4 Å². The van der Waals surface area contributed by atoms with E-state index in [-0.39, 0.29) is 16.5 Å². The minimum Gasteiger partial charge on any atom is -0.263 e. The Kier molecular flexibility index (Phi) is 5.47. The van der Waals surface area contributed by atoms with Crippen molar-refractivity contribution in [1.29, 1.82) is 0 Å². The van der Waals surface area contributed by atoms with Gasteiger partial charge in [-0.25, -0.2) is 8.78 Å². The molecule has 1 unspecified atom stereocenters. The van der Waals surface area contributed by atoms with Crippen LogP contribution in [0.25, 0.3) is 0 Å². The van der Waals surface area contributed by atoms with Crippen LogP contribution >= 0.6 is 0 Å². The van der Waals surface area contributed by atoms with Gasteiger partial charge in [0.25, 0.3) is 10.1 Å². The molecule has 1 atom stereocenters. The first-order valence-electron chi connectivity index (χ1n) is 9.81. The lowest BCUT2D eigenvalue weighted by Gasteiger charge is -2.31. The molecule has 1 saturated carbocycles. The van der Waals surface area contributed by atoms with Crippen molar-refractivity contribution < 1.29 is 21.4 Å². The molecule has 0 radical (unpaired) electrons. The zero-order chi connectivity index (χ0) is 21.4. The van der Waals surface area contributed by atoms with E-state index >= 15 is 0 Å². The van der Waals surface area contributed by atoms with Gasteiger partial charge < -0.3 is 0 Å². The predicted octanol–water partition coefficient (Wildman–Crippen LogP) is 5.52. The molecule has 0 heterocycles. The van der Waals surface area contributed by atoms with Crippen molar-refractivity contribution in [1.82, 2.24) is 0 Å². The highest BCUT2D eigenvalue weighted by atomic mass is 32.2. The molecule has 0 saturated heterocycles. The van der Waals surface area contributed by atoms with E-state index < -0.39 is 21.6 Å². The number of rotatable bonds is 5. The molecule has 0 bridgehead atoms. The maximum atomic E-state index is 13.5. The predicted molar refractivity (Wildman–Crippen MR) is 111 cm³/mol. The van der Waals surface area contributed by atoms with Crippen LogP contribution < -0.4 is 0 Å². The summed E-state index contributed by atoms with van der Waals surface area (Å²) in [6, 6.07) is 18.9. The van der Waals surface area contributed by atoms with Crippen molar-refractivity contribution in [2.24, 2.45) is 0 Å². The fourth-order valence-electron chi connectivity index (χ4n) is 4.25. The minimum atomic E-state index is -3.91. The smallest absolute Gasteiger partial charge is 0.263 e. The topological polar surface area (TPSA) is 43.4 Å². The summed E-state index contributed by atoms with van der Waals surface area (Å²) in [6.45, 7) is 1.88. The Hall–Kier alpha value is -2.57. The van der Waals surface area contributed by atoms with Crippen LogP contribution in [0.15, 0.2) is 77.7 Å². The first-order chi connectivity index (χ1) is 14.3. The van der Waals surface area contributed by atoms with Crippen LogP contribution in [0.3, 0.4) is 0 Å². The van der Waals surface area contributed by atoms with Gasteiger partial charge in [0.05, 0.1) is 11.0 Å². The van der Waals surface area contributed by atoms with Gasteiger partial charge in [0.1, 0.15) is 11.6 Å². The van der Waals surface area contributed by atoms with Gasteiger partial charge in [-0.3, -0.25) is 4.18 Å². The van der Waals surface area contributed by atoms with Gasteiger partial charge in [-0.15, -0.1) is 0 Å². The number of aryl methyl sites for hydroxylation is 1. The van der Waals surface area contributed by atoms with Crippen molar-refractivity contribution in [2.45, 2.75) is 42.6 Å². The lowest BCUT2D eigenvalue weighted by atomic mass is 9.73. The molecule has 3 nitrogen and oxygen atoms in total. The van der Waals surface area contributed by atoms with Crippen molar-refractivity contribution in [3.8, 4) is 0 Å². The highest BCUT2D eigenvalue weighted by molar-refractivity contribution is 7.86. The van der Waals surface area contributed by atoms with Gasteiger partial charge in [-0.2, -0.15) is 8.42 Å². The molecule has 156 valence electrons. The van der Waals surface area contributed by atoms with Crippen LogP contribution in [0.2, 0.25) is 0 Å². The molecule has 3 aromatic carbocycles. The first-order valence-corrected chi connectivity index (χ1v) is 11.2. The Morgan fingerprint density at radius 2 is 1.33 bits per heavy atom. The van der Waals surface area contributed by atoms with Crippen molar-refractivity contribution in [2.75, 3.05) is 0 Å². The van der Waals surface area contributed by atoms with Crippen LogP contribution in [0.4, 0.5) is 8.78 Å². The molecule has 30 heavy (non-hydrogen) atoms. The molecule has 1 aliphatic rings. The summed E-state index contributed by atoms with van der Waals surface area (Å²) in [7, 11) is -3.91. The Morgan fingerprint density at radius 3 is 1.83 bits per heavy atom. The second-order valence-corrected chi connectivity index (χ2v) is 9.40. The van der Waals surface area contributed by atoms with Crippen molar-refractivity contribution in [3.05, 3.63) is 101 Å². The summed E-state index contributed by atoms with van der Waals surface area (Å²) in [4.78, 5) is 0.120. The normalized spacial score (nSPS) is 18.4. The molecule has 1 fully saturated rings. The van der Waals surface area contributed by atoms with E-state index in [2.05, 4.69) is 0 Å². The van der Waals surface area contributed by atoms with Gasteiger partial charge in [-0.1, -0.05) is 42.0 Å². The van der Waals surface area contributed by atoms with Crippen molar-refractivity contribution in [3.63, 3.8) is 0 Å². The largest absolute Gasteiger partial charge is 0.297 e. The summed E-state index contributed by atoms with van der Waals surface area (Å²) < 4.78 is 58.1. The van der Waals surface area contributed by atoms with E-state index in [1.165, 1.54) is 36.4 Å². The quantitative estimate of drug-likeness (QED) is 0.503. The van der Waals surface area contributed by atoms with E-state index in [0.717, 1.165) is 16.7 Å². The number of hydrogen-bond acceptors (Lipinski definition) is 3. The standard InChI is InChI=1S/C24H22F2O3S/c1-17-2-12-23(13-3-17)30(27,28)29-22-14-15-24(16-22,18-4-8-20(25)9-5-18)19-6-10-21(26)11-7-19/h2-13,22H,14-16H2,1H3. The lowest BCUT2D eigenvalue weighted by molar-refractivity contribution is 0.211. The summed E-state index contributed by atoms with van der Waals surface area (Å²) in [6.07, 6.45) is 0.986. The first kappa shape index (κ1) is 20.7. The number of hydrogen-bond donors (Lipinski definition) is 0. The summed E-state index contributed by atoms with van der Waals surface area (Å²) in [5.41, 5.74) is 2.10. The maximum absolute atomic E-state index is 13.5. The zero-order valence-electron chi connectivity index (χ0n) is 16.5. The van der Waals surface area contributed by atoms with Crippen molar-refractivity contribution >= 4 is 10.1 Å². The molecule has 3 aromatic rings. The average molecular weight is 429 g/mol.